The predicted molar refractivity (Wildman–Crippen MR) is 97.5 cm³/mol. The van der Waals surface area contributed by atoms with E-state index in [1.165, 1.54) is 5.56 Å². The van der Waals surface area contributed by atoms with Crippen molar-refractivity contribution in [2.24, 2.45) is 0 Å². The average molecular weight is 480 g/mol. The number of carbonyl (C=O) groups is 1. The molecule has 0 unspecified atom stereocenters. The molecule has 2 N–H and O–H groups in total. The summed E-state index contributed by atoms with van der Waals surface area (Å²) in [4.78, 5) is 19.6. The van der Waals surface area contributed by atoms with Crippen LogP contribution in [-0.2, 0) is 0 Å². The van der Waals surface area contributed by atoms with Crippen LogP contribution in [0.3, 0.4) is 0 Å². The van der Waals surface area contributed by atoms with Gasteiger partial charge in [-0.25, -0.2) is 0 Å². The van der Waals surface area contributed by atoms with Crippen molar-refractivity contribution in [1.82, 2.24) is 9.88 Å². The first-order valence-electron chi connectivity index (χ1n) is 8.45. The molecule has 1 saturated heterocycles. The summed E-state index contributed by atoms with van der Waals surface area (Å²) >= 11 is 0. The van der Waals surface area contributed by atoms with Crippen molar-refractivity contribution in [3.63, 3.8) is 0 Å². The van der Waals surface area contributed by atoms with Crippen molar-refractivity contribution in [2.45, 2.75) is 18.6 Å². The van der Waals surface area contributed by atoms with Crippen LogP contribution in [0.4, 0.5) is 5.69 Å². The number of β-amino-alcohol motifs (C(OH)–C–C–N with tert-alkyl or cyclic N) is 1. The molecular formula is C19H23N4O2Pr-. The van der Waals surface area contributed by atoms with Crippen LogP contribution in [0.15, 0.2) is 48.7 Å². The summed E-state index contributed by atoms with van der Waals surface area (Å²) in [7, 11) is 2.00. The van der Waals surface area contributed by atoms with E-state index < -0.39 is 5.91 Å². The number of nitrogens with zero attached hydrogens (tertiary/aromatic N) is 3. The number of benzene rings is 1. The van der Waals surface area contributed by atoms with Gasteiger partial charge in [-0.3, -0.25) is 9.88 Å². The van der Waals surface area contributed by atoms with Gasteiger partial charge in [0.25, 0.3) is 0 Å². The average Bonchev–Trinajstić information content (AvgIpc) is 3.05. The zero-order valence-corrected chi connectivity index (χ0v) is 18.6. The smallest absolute Gasteiger partial charge is 0.0983 e. The van der Waals surface area contributed by atoms with Gasteiger partial charge in [0.1, 0.15) is 0 Å². The minimum Gasteiger partial charge on any atom is -0.662 e. The van der Waals surface area contributed by atoms with Crippen LogP contribution < -0.4 is 4.90 Å². The third kappa shape index (κ3) is 5.22. The molecule has 0 spiro atoms. The Morgan fingerprint density at radius 1 is 1.35 bits per heavy atom. The summed E-state index contributed by atoms with van der Waals surface area (Å²) in [5.41, 5.74) is 9.36. The first-order valence-corrected chi connectivity index (χ1v) is 8.45. The van der Waals surface area contributed by atoms with E-state index in [9.17, 15) is 9.90 Å². The van der Waals surface area contributed by atoms with Crippen molar-refractivity contribution in [3.05, 3.63) is 65.7 Å². The molecule has 2 aromatic rings. The number of aromatic nitrogens is 1. The van der Waals surface area contributed by atoms with Crippen LogP contribution in [0.25, 0.3) is 5.73 Å². The van der Waals surface area contributed by atoms with Crippen molar-refractivity contribution < 1.29 is 51.2 Å². The van der Waals surface area contributed by atoms with Gasteiger partial charge in [0.05, 0.1) is 35.6 Å². The predicted octanol–water partition coefficient (Wildman–Crippen LogP) is 2.52. The third-order valence-corrected chi connectivity index (χ3v) is 4.72. The molecule has 1 fully saturated rings. The number of likely N-dealkylation sites (N-methyl/N-ethyl adjacent to an activating group) is 1. The maximum absolute atomic E-state index is 11.1. The zero-order valence-electron chi connectivity index (χ0n) is 14.9. The van der Waals surface area contributed by atoms with E-state index in [-0.39, 0.29) is 59.1 Å². The molecule has 1 aromatic carbocycles. The van der Waals surface area contributed by atoms with Gasteiger partial charge < -0.3 is 20.5 Å². The second kappa shape index (κ2) is 9.74. The molecule has 1 aliphatic heterocycles. The van der Waals surface area contributed by atoms with E-state index in [0.29, 0.717) is 6.54 Å². The number of carbonyl (C=O) groups excluding carboxylic acids is 1. The molecule has 1 radical (unpaired) electrons. The molecule has 2 atom stereocenters. The Kier molecular flexibility index (Phi) is 7.95. The van der Waals surface area contributed by atoms with Gasteiger partial charge in [0.2, 0.25) is 0 Å². The summed E-state index contributed by atoms with van der Waals surface area (Å²) in [6.45, 7) is 2.39. The van der Waals surface area contributed by atoms with Crippen molar-refractivity contribution in [1.29, 1.82) is 0 Å². The van der Waals surface area contributed by atoms with Crippen molar-refractivity contribution in [2.75, 3.05) is 31.6 Å². The Morgan fingerprint density at radius 3 is 2.62 bits per heavy atom. The Bertz CT molecular complexity index is 711. The molecule has 0 aliphatic carbocycles. The summed E-state index contributed by atoms with van der Waals surface area (Å²) in [6, 6.07) is 13.8. The molecule has 26 heavy (non-hydrogen) atoms. The number of hydrogen-bond donors (Lipinski definition) is 1. The number of hydrogen-bond acceptors (Lipinski definition) is 5. The van der Waals surface area contributed by atoms with Crippen molar-refractivity contribution >= 4 is 11.6 Å². The van der Waals surface area contributed by atoms with E-state index in [1.807, 2.05) is 31.3 Å². The molecule has 3 rings (SSSR count). The fraction of sp³-hybridized carbons (Fsp3) is 0.368. The number of aliphatic hydroxyl groups excluding tert-OH is 1. The quantitative estimate of drug-likeness (QED) is 0.688. The fourth-order valence-corrected chi connectivity index (χ4v) is 3.26. The molecule has 1 amide bonds. The SMILES string of the molecule is CN(c1ccc(C([NH-])=O)nc1)[C@H](CN1CC[C@H](O)C1)c1ccccc1.[Pr]. The first-order chi connectivity index (χ1) is 12.0. The molecular weight excluding hydrogens is 457 g/mol. The van der Waals surface area contributed by atoms with Gasteiger partial charge in [0, 0.05) is 68.0 Å². The number of aliphatic hydroxyl groups is 1. The molecule has 0 saturated carbocycles. The molecule has 2 heterocycles. The van der Waals surface area contributed by atoms with Gasteiger partial charge in [0.15, 0.2) is 0 Å². The molecule has 0 bridgehead atoms. The number of rotatable bonds is 6. The number of amides is 1. The second-order valence-electron chi connectivity index (χ2n) is 6.47. The van der Waals surface area contributed by atoms with E-state index in [1.54, 1.807) is 12.3 Å². The topological polar surface area (TPSA) is 80.5 Å². The Balaban J connectivity index is 0.00000243. The largest absolute Gasteiger partial charge is 0.662 e. The van der Waals surface area contributed by atoms with Crippen LogP contribution in [0, 0.1) is 41.3 Å². The molecule has 135 valence electrons. The van der Waals surface area contributed by atoms with Gasteiger partial charge in [-0.2, -0.15) is 0 Å². The van der Waals surface area contributed by atoms with Gasteiger partial charge in [-0.1, -0.05) is 30.3 Å². The van der Waals surface area contributed by atoms with E-state index >= 15 is 0 Å². The fourth-order valence-electron chi connectivity index (χ4n) is 3.26. The monoisotopic (exact) mass is 480 g/mol. The second-order valence-corrected chi connectivity index (χ2v) is 6.47. The van der Waals surface area contributed by atoms with E-state index in [4.69, 9.17) is 5.73 Å². The van der Waals surface area contributed by atoms with Gasteiger partial charge in [-0.05, 0) is 24.1 Å². The van der Waals surface area contributed by atoms with Crippen LogP contribution in [0.5, 0.6) is 0 Å². The van der Waals surface area contributed by atoms with Crippen LogP contribution in [0.1, 0.15) is 28.5 Å². The normalized spacial score (nSPS) is 18.2. The van der Waals surface area contributed by atoms with Gasteiger partial charge >= 0.3 is 0 Å². The number of pyridine rings is 1. The Hall–Kier alpha value is -1.08. The maximum atomic E-state index is 11.1. The van der Waals surface area contributed by atoms with Crippen molar-refractivity contribution in [3.8, 4) is 0 Å². The zero-order chi connectivity index (χ0) is 17.8. The molecule has 1 aromatic heterocycles. The Morgan fingerprint density at radius 2 is 2.08 bits per heavy atom. The maximum Gasteiger partial charge on any atom is 0.0983 e. The minimum atomic E-state index is -0.778. The van der Waals surface area contributed by atoms with Crippen LogP contribution in [-0.4, -0.2) is 53.7 Å². The van der Waals surface area contributed by atoms with E-state index in [2.05, 4.69) is 26.9 Å². The minimum absolute atomic E-state index is 0. The number of nitrogens with one attached hydrogen (secondary N) is 1. The van der Waals surface area contributed by atoms with Gasteiger partial charge in [-0.15, -0.1) is 0 Å². The summed E-state index contributed by atoms with van der Waals surface area (Å²) in [5, 5.41) is 9.81. The van der Waals surface area contributed by atoms with Crippen LogP contribution in [0.2, 0.25) is 0 Å². The standard InChI is InChI=1S/C19H24N4O2.Pr/c1-22(15-7-8-17(19(20)25)21-11-15)18(14-5-3-2-4-6-14)13-23-10-9-16(24)12-23;/h2-8,11,16,18,24H,9-10,12-13H2,1H3,(H2,20,25);/p-1/t16-,18+;/m0./s1. The third-order valence-electron chi connectivity index (χ3n) is 4.72. The molecule has 7 heteroatoms. The van der Waals surface area contributed by atoms with Crippen LogP contribution >= 0.6 is 0 Å². The summed E-state index contributed by atoms with van der Waals surface area (Å²) in [6.07, 6.45) is 2.20. The molecule has 1 aliphatic rings. The summed E-state index contributed by atoms with van der Waals surface area (Å²) < 4.78 is 0. The number of anilines is 1. The Labute approximate surface area is 187 Å². The summed E-state index contributed by atoms with van der Waals surface area (Å²) in [5.74, 6) is -0.778. The first kappa shape index (κ1) is 21.2. The number of likely N-dealkylation sites (tertiary alicyclic amines) is 1. The molecule has 6 nitrogen and oxygen atoms in total. The van der Waals surface area contributed by atoms with E-state index in [0.717, 1.165) is 25.2 Å².